The fourth-order valence-electron chi connectivity index (χ4n) is 2.51. The van der Waals surface area contributed by atoms with Gasteiger partial charge in [-0.3, -0.25) is 0 Å². The molecule has 0 saturated carbocycles. The third kappa shape index (κ3) is 3.31. The van der Waals surface area contributed by atoms with Gasteiger partial charge in [-0.05, 0) is 45.5 Å². The van der Waals surface area contributed by atoms with E-state index in [0.29, 0.717) is 6.04 Å². The summed E-state index contributed by atoms with van der Waals surface area (Å²) in [5, 5.41) is 3.43. The Labute approximate surface area is 117 Å². The summed E-state index contributed by atoms with van der Waals surface area (Å²) in [5.74, 6) is -0.149. The number of hydrogen-bond donors (Lipinski definition) is 1. The summed E-state index contributed by atoms with van der Waals surface area (Å²) in [6.07, 6.45) is 2.50. The molecule has 2 rings (SSSR count). The minimum absolute atomic E-state index is 0.0482. The van der Waals surface area contributed by atoms with E-state index in [2.05, 4.69) is 33.2 Å². The fraction of sp³-hybridized carbons (Fsp3) is 0.571. The zero-order valence-corrected chi connectivity index (χ0v) is 12.5. The third-order valence-corrected chi connectivity index (χ3v) is 4.25. The van der Waals surface area contributed by atoms with Gasteiger partial charge in [-0.15, -0.1) is 0 Å². The summed E-state index contributed by atoms with van der Waals surface area (Å²) in [5.41, 5.74) is 0.735. The van der Waals surface area contributed by atoms with Gasteiger partial charge in [0.05, 0.1) is 0 Å². The molecule has 1 fully saturated rings. The standard InChI is InChI=1S/C14H20BrFN2/c1-10(13-6-5-11(15)8-14(13)16)17-9-12-4-3-7-18(12)2/h5-6,8,10,12,17H,3-4,7,9H2,1-2H3. The lowest BCUT2D eigenvalue weighted by Crippen LogP contribution is -2.36. The summed E-state index contributed by atoms with van der Waals surface area (Å²) >= 11 is 3.28. The van der Waals surface area contributed by atoms with E-state index in [0.717, 1.165) is 16.6 Å². The molecule has 0 aliphatic carbocycles. The molecule has 2 atom stereocenters. The normalized spacial score (nSPS) is 22.3. The van der Waals surface area contributed by atoms with Crippen molar-refractivity contribution in [3.05, 3.63) is 34.1 Å². The Bertz CT molecular complexity index is 411. The van der Waals surface area contributed by atoms with E-state index in [1.807, 2.05) is 19.1 Å². The fourth-order valence-corrected chi connectivity index (χ4v) is 2.85. The SMILES string of the molecule is CC(NCC1CCCN1C)c1ccc(Br)cc1F. The highest BCUT2D eigenvalue weighted by Crippen LogP contribution is 2.21. The van der Waals surface area contributed by atoms with E-state index in [4.69, 9.17) is 0 Å². The maximum absolute atomic E-state index is 13.8. The molecule has 1 aliphatic rings. The van der Waals surface area contributed by atoms with Crippen molar-refractivity contribution in [2.45, 2.75) is 31.8 Å². The van der Waals surface area contributed by atoms with Crippen molar-refractivity contribution >= 4 is 15.9 Å². The Hall–Kier alpha value is -0.450. The quantitative estimate of drug-likeness (QED) is 0.917. The average molecular weight is 315 g/mol. The number of likely N-dealkylation sites (tertiary alicyclic amines) is 1. The minimum atomic E-state index is -0.149. The first-order valence-electron chi connectivity index (χ1n) is 6.46. The smallest absolute Gasteiger partial charge is 0.129 e. The molecule has 1 N–H and O–H groups in total. The van der Waals surface area contributed by atoms with Gasteiger partial charge >= 0.3 is 0 Å². The molecular formula is C14H20BrFN2. The Kier molecular flexibility index (Phi) is 4.76. The molecular weight excluding hydrogens is 295 g/mol. The van der Waals surface area contributed by atoms with Crippen LogP contribution in [0.25, 0.3) is 0 Å². The van der Waals surface area contributed by atoms with Crippen molar-refractivity contribution in [1.29, 1.82) is 0 Å². The van der Waals surface area contributed by atoms with Gasteiger partial charge in [0.15, 0.2) is 0 Å². The van der Waals surface area contributed by atoms with Crippen LogP contribution >= 0.6 is 15.9 Å². The number of benzene rings is 1. The summed E-state index contributed by atoms with van der Waals surface area (Å²) in [6, 6.07) is 5.89. The van der Waals surface area contributed by atoms with Gasteiger partial charge in [-0.1, -0.05) is 22.0 Å². The molecule has 18 heavy (non-hydrogen) atoms. The Morgan fingerprint density at radius 1 is 1.56 bits per heavy atom. The lowest BCUT2D eigenvalue weighted by atomic mass is 10.1. The Balaban J connectivity index is 1.93. The van der Waals surface area contributed by atoms with Crippen molar-refractivity contribution in [2.24, 2.45) is 0 Å². The van der Waals surface area contributed by atoms with Gasteiger partial charge in [0.25, 0.3) is 0 Å². The summed E-state index contributed by atoms with van der Waals surface area (Å²) in [7, 11) is 2.16. The maximum Gasteiger partial charge on any atom is 0.129 e. The molecule has 1 aromatic rings. The zero-order chi connectivity index (χ0) is 13.1. The number of rotatable bonds is 4. The van der Waals surface area contributed by atoms with Crippen LogP contribution in [0.1, 0.15) is 31.4 Å². The molecule has 1 aliphatic heterocycles. The van der Waals surface area contributed by atoms with Crippen LogP contribution in [-0.4, -0.2) is 31.1 Å². The van der Waals surface area contributed by atoms with Crippen molar-refractivity contribution in [3.63, 3.8) is 0 Å². The molecule has 1 aromatic carbocycles. The first-order chi connectivity index (χ1) is 8.58. The van der Waals surface area contributed by atoms with E-state index < -0.39 is 0 Å². The number of nitrogens with zero attached hydrogens (tertiary/aromatic N) is 1. The summed E-state index contributed by atoms with van der Waals surface area (Å²) in [4.78, 5) is 2.37. The number of nitrogens with one attached hydrogen (secondary N) is 1. The zero-order valence-electron chi connectivity index (χ0n) is 10.9. The predicted octanol–water partition coefficient (Wildman–Crippen LogP) is 3.33. The van der Waals surface area contributed by atoms with Crippen molar-refractivity contribution in [3.8, 4) is 0 Å². The van der Waals surface area contributed by atoms with Crippen LogP contribution in [0.4, 0.5) is 4.39 Å². The largest absolute Gasteiger partial charge is 0.309 e. The van der Waals surface area contributed by atoms with E-state index in [1.165, 1.54) is 25.5 Å². The van der Waals surface area contributed by atoms with Crippen LogP contribution in [0.5, 0.6) is 0 Å². The molecule has 0 amide bonds. The highest BCUT2D eigenvalue weighted by molar-refractivity contribution is 9.10. The highest BCUT2D eigenvalue weighted by atomic mass is 79.9. The average Bonchev–Trinajstić information content (AvgIpc) is 2.72. The van der Waals surface area contributed by atoms with Crippen LogP contribution in [0, 0.1) is 5.82 Å². The topological polar surface area (TPSA) is 15.3 Å². The van der Waals surface area contributed by atoms with Crippen LogP contribution in [0.2, 0.25) is 0 Å². The van der Waals surface area contributed by atoms with Gasteiger partial charge in [0, 0.05) is 28.7 Å². The first-order valence-corrected chi connectivity index (χ1v) is 7.26. The predicted molar refractivity (Wildman–Crippen MR) is 76.2 cm³/mol. The Morgan fingerprint density at radius 3 is 2.94 bits per heavy atom. The molecule has 1 heterocycles. The number of likely N-dealkylation sites (N-methyl/N-ethyl adjacent to an activating group) is 1. The molecule has 2 unspecified atom stereocenters. The molecule has 1 saturated heterocycles. The second-order valence-electron chi connectivity index (χ2n) is 5.07. The molecule has 0 spiro atoms. The van der Waals surface area contributed by atoms with Crippen LogP contribution in [-0.2, 0) is 0 Å². The van der Waals surface area contributed by atoms with Crippen LogP contribution in [0.15, 0.2) is 22.7 Å². The van der Waals surface area contributed by atoms with Crippen molar-refractivity contribution in [2.75, 3.05) is 20.1 Å². The van der Waals surface area contributed by atoms with Crippen molar-refractivity contribution < 1.29 is 4.39 Å². The third-order valence-electron chi connectivity index (χ3n) is 3.76. The molecule has 100 valence electrons. The number of halogens is 2. The van der Waals surface area contributed by atoms with E-state index >= 15 is 0 Å². The summed E-state index contributed by atoms with van der Waals surface area (Å²) in [6.45, 7) is 4.11. The molecule has 0 bridgehead atoms. The van der Waals surface area contributed by atoms with E-state index in [1.54, 1.807) is 0 Å². The van der Waals surface area contributed by atoms with Gasteiger partial charge in [-0.25, -0.2) is 4.39 Å². The lowest BCUT2D eigenvalue weighted by molar-refractivity contribution is 0.293. The number of hydrogen-bond acceptors (Lipinski definition) is 2. The molecule has 4 heteroatoms. The summed E-state index contributed by atoms with van der Waals surface area (Å²) < 4.78 is 14.6. The monoisotopic (exact) mass is 314 g/mol. The molecule has 0 radical (unpaired) electrons. The first kappa shape index (κ1) is 14.0. The highest BCUT2D eigenvalue weighted by Gasteiger charge is 2.21. The lowest BCUT2D eigenvalue weighted by Gasteiger charge is -2.23. The molecule has 2 nitrogen and oxygen atoms in total. The van der Waals surface area contributed by atoms with Crippen molar-refractivity contribution in [1.82, 2.24) is 10.2 Å². The minimum Gasteiger partial charge on any atom is -0.309 e. The second-order valence-corrected chi connectivity index (χ2v) is 5.99. The van der Waals surface area contributed by atoms with Crippen LogP contribution in [0.3, 0.4) is 0 Å². The van der Waals surface area contributed by atoms with Gasteiger partial charge in [0.2, 0.25) is 0 Å². The molecule has 0 aromatic heterocycles. The Morgan fingerprint density at radius 2 is 2.33 bits per heavy atom. The van der Waals surface area contributed by atoms with Gasteiger partial charge < -0.3 is 10.2 Å². The van der Waals surface area contributed by atoms with Gasteiger partial charge in [0.1, 0.15) is 5.82 Å². The van der Waals surface area contributed by atoms with E-state index in [9.17, 15) is 4.39 Å². The van der Waals surface area contributed by atoms with Crippen LogP contribution < -0.4 is 5.32 Å². The van der Waals surface area contributed by atoms with E-state index in [-0.39, 0.29) is 11.9 Å². The second kappa shape index (κ2) is 6.13. The van der Waals surface area contributed by atoms with Gasteiger partial charge in [-0.2, -0.15) is 0 Å². The maximum atomic E-state index is 13.8.